The maximum absolute atomic E-state index is 10.3. The van der Waals surface area contributed by atoms with Crippen LogP contribution in [0.2, 0.25) is 0 Å². The Bertz CT molecular complexity index is 538. The molecule has 1 heterocycles. The number of benzene rings is 1. The van der Waals surface area contributed by atoms with Crippen LogP contribution in [0.25, 0.3) is 10.1 Å². The second kappa shape index (κ2) is 4.04. The first-order chi connectivity index (χ1) is 7.86. The van der Waals surface area contributed by atoms with Gasteiger partial charge in [-0.1, -0.05) is 24.3 Å². The van der Waals surface area contributed by atoms with E-state index in [1.807, 2.05) is 12.1 Å². The Kier molecular flexibility index (Phi) is 2.54. The average molecular weight is 230 g/mol. The zero-order valence-electron chi connectivity index (χ0n) is 9.02. The molecule has 2 aromatic rings. The SMILES string of the molecule is OC(C1=CCCC1)c1csc2ccccc12. The third kappa shape index (κ3) is 1.58. The number of allylic oxidation sites excluding steroid dienone is 1. The monoisotopic (exact) mass is 230 g/mol. The van der Waals surface area contributed by atoms with Crippen molar-refractivity contribution in [2.24, 2.45) is 0 Å². The first-order valence-electron chi connectivity index (χ1n) is 5.69. The molecular weight excluding hydrogens is 216 g/mol. The highest BCUT2D eigenvalue weighted by Crippen LogP contribution is 2.36. The number of rotatable bonds is 2. The Morgan fingerprint density at radius 1 is 1.25 bits per heavy atom. The van der Waals surface area contributed by atoms with Crippen molar-refractivity contribution in [3.8, 4) is 0 Å². The molecule has 1 unspecified atom stereocenters. The Labute approximate surface area is 99.0 Å². The summed E-state index contributed by atoms with van der Waals surface area (Å²) in [6.45, 7) is 0. The number of fused-ring (bicyclic) bond motifs is 1. The fourth-order valence-corrected chi connectivity index (χ4v) is 3.33. The van der Waals surface area contributed by atoms with E-state index in [9.17, 15) is 5.11 Å². The van der Waals surface area contributed by atoms with Crippen LogP contribution in [0.5, 0.6) is 0 Å². The van der Waals surface area contributed by atoms with Crippen molar-refractivity contribution in [2.75, 3.05) is 0 Å². The lowest BCUT2D eigenvalue weighted by atomic mass is 10.0. The molecule has 0 bridgehead atoms. The highest BCUT2D eigenvalue weighted by molar-refractivity contribution is 7.17. The van der Waals surface area contributed by atoms with Crippen molar-refractivity contribution in [3.63, 3.8) is 0 Å². The smallest absolute Gasteiger partial charge is 0.101 e. The van der Waals surface area contributed by atoms with Crippen LogP contribution in [-0.2, 0) is 0 Å². The summed E-state index contributed by atoms with van der Waals surface area (Å²) in [6, 6.07) is 8.29. The molecule has 0 aliphatic heterocycles. The van der Waals surface area contributed by atoms with Gasteiger partial charge in [-0.25, -0.2) is 0 Å². The van der Waals surface area contributed by atoms with Crippen LogP contribution in [-0.4, -0.2) is 5.11 Å². The molecule has 1 aromatic heterocycles. The molecule has 1 N–H and O–H groups in total. The van der Waals surface area contributed by atoms with E-state index < -0.39 is 6.10 Å². The molecule has 0 radical (unpaired) electrons. The van der Waals surface area contributed by atoms with Gasteiger partial charge in [0.2, 0.25) is 0 Å². The average Bonchev–Trinajstić information content (AvgIpc) is 2.98. The fraction of sp³-hybridized carbons (Fsp3) is 0.286. The van der Waals surface area contributed by atoms with Gasteiger partial charge >= 0.3 is 0 Å². The predicted molar refractivity (Wildman–Crippen MR) is 68.7 cm³/mol. The number of hydrogen-bond donors (Lipinski definition) is 1. The number of aliphatic hydroxyl groups is 1. The van der Waals surface area contributed by atoms with Crippen LogP contribution in [0.4, 0.5) is 0 Å². The van der Waals surface area contributed by atoms with E-state index in [0.29, 0.717) is 0 Å². The predicted octanol–water partition coefficient (Wildman–Crippen LogP) is 4.05. The van der Waals surface area contributed by atoms with Gasteiger partial charge in [-0.2, -0.15) is 0 Å². The summed E-state index contributed by atoms with van der Waals surface area (Å²) >= 11 is 1.71. The first kappa shape index (κ1) is 10.1. The van der Waals surface area contributed by atoms with Crippen molar-refractivity contribution < 1.29 is 5.11 Å². The first-order valence-corrected chi connectivity index (χ1v) is 6.57. The molecule has 2 heteroatoms. The summed E-state index contributed by atoms with van der Waals surface area (Å²) < 4.78 is 1.26. The van der Waals surface area contributed by atoms with Gasteiger partial charge in [-0.3, -0.25) is 0 Å². The second-order valence-electron chi connectivity index (χ2n) is 4.26. The molecule has 0 amide bonds. The molecule has 0 saturated heterocycles. The molecule has 82 valence electrons. The van der Waals surface area contributed by atoms with E-state index in [-0.39, 0.29) is 0 Å². The summed E-state index contributed by atoms with van der Waals surface area (Å²) in [5.74, 6) is 0. The van der Waals surface area contributed by atoms with E-state index in [0.717, 1.165) is 18.4 Å². The standard InChI is InChI=1S/C14H14OS/c15-14(10-5-1-2-6-10)12-9-16-13-8-4-3-7-11(12)13/h3-5,7-9,14-15H,1-2,6H2. The Balaban J connectivity index is 2.05. The second-order valence-corrected chi connectivity index (χ2v) is 5.17. The van der Waals surface area contributed by atoms with Crippen molar-refractivity contribution in [2.45, 2.75) is 25.4 Å². The number of hydrogen-bond acceptors (Lipinski definition) is 2. The van der Waals surface area contributed by atoms with E-state index in [2.05, 4.69) is 23.6 Å². The quantitative estimate of drug-likeness (QED) is 0.772. The largest absolute Gasteiger partial charge is 0.384 e. The minimum absolute atomic E-state index is 0.390. The van der Waals surface area contributed by atoms with Gasteiger partial charge in [0.1, 0.15) is 6.10 Å². The van der Waals surface area contributed by atoms with Crippen molar-refractivity contribution in [3.05, 3.63) is 46.9 Å². The van der Waals surface area contributed by atoms with Crippen LogP contribution >= 0.6 is 11.3 Å². The van der Waals surface area contributed by atoms with Crippen LogP contribution in [0.15, 0.2) is 41.3 Å². The fourth-order valence-electron chi connectivity index (χ4n) is 2.35. The topological polar surface area (TPSA) is 20.2 Å². The third-order valence-corrected chi connectivity index (χ3v) is 4.21. The molecule has 1 atom stereocenters. The molecule has 0 fully saturated rings. The summed E-state index contributed by atoms with van der Waals surface area (Å²) in [7, 11) is 0. The van der Waals surface area contributed by atoms with E-state index in [1.165, 1.54) is 22.1 Å². The van der Waals surface area contributed by atoms with Crippen LogP contribution < -0.4 is 0 Å². The van der Waals surface area contributed by atoms with Crippen LogP contribution in [0, 0.1) is 0 Å². The molecule has 0 saturated carbocycles. The van der Waals surface area contributed by atoms with Crippen LogP contribution in [0.1, 0.15) is 30.9 Å². The molecule has 1 nitrogen and oxygen atoms in total. The van der Waals surface area contributed by atoms with Crippen LogP contribution in [0.3, 0.4) is 0 Å². The van der Waals surface area contributed by atoms with E-state index >= 15 is 0 Å². The van der Waals surface area contributed by atoms with E-state index in [1.54, 1.807) is 11.3 Å². The molecule has 0 spiro atoms. The minimum atomic E-state index is -0.390. The Morgan fingerprint density at radius 2 is 2.12 bits per heavy atom. The molecule has 3 rings (SSSR count). The normalized spacial score (nSPS) is 17.7. The summed E-state index contributed by atoms with van der Waals surface area (Å²) in [5.41, 5.74) is 2.28. The summed E-state index contributed by atoms with van der Waals surface area (Å²) in [4.78, 5) is 0. The van der Waals surface area contributed by atoms with Gasteiger partial charge in [-0.05, 0) is 41.7 Å². The maximum atomic E-state index is 10.3. The van der Waals surface area contributed by atoms with Gasteiger partial charge in [0.05, 0.1) is 0 Å². The lowest BCUT2D eigenvalue weighted by Crippen LogP contribution is -1.98. The summed E-state index contributed by atoms with van der Waals surface area (Å²) in [5, 5.41) is 13.6. The van der Waals surface area contributed by atoms with Crippen molar-refractivity contribution in [1.29, 1.82) is 0 Å². The number of thiophene rings is 1. The molecule has 1 aliphatic carbocycles. The minimum Gasteiger partial charge on any atom is -0.384 e. The third-order valence-electron chi connectivity index (χ3n) is 3.23. The number of aliphatic hydroxyl groups excluding tert-OH is 1. The molecule has 1 aromatic carbocycles. The van der Waals surface area contributed by atoms with Crippen molar-refractivity contribution >= 4 is 21.4 Å². The van der Waals surface area contributed by atoms with Gasteiger partial charge in [-0.15, -0.1) is 11.3 Å². The van der Waals surface area contributed by atoms with Gasteiger partial charge in [0.25, 0.3) is 0 Å². The lowest BCUT2D eigenvalue weighted by Gasteiger charge is -2.11. The molecule has 1 aliphatic rings. The highest BCUT2D eigenvalue weighted by Gasteiger charge is 2.19. The maximum Gasteiger partial charge on any atom is 0.101 e. The highest BCUT2D eigenvalue weighted by atomic mass is 32.1. The molecular formula is C14H14OS. The van der Waals surface area contributed by atoms with Gasteiger partial charge in [0.15, 0.2) is 0 Å². The van der Waals surface area contributed by atoms with E-state index in [4.69, 9.17) is 0 Å². The molecule has 16 heavy (non-hydrogen) atoms. The van der Waals surface area contributed by atoms with Crippen molar-refractivity contribution in [1.82, 2.24) is 0 Å². The Hall–Kier alpha value is -1.12. The van der Waals surface area contributed by atoms with Gasteiger partial charge in [0, 0.05) is 10.3 Å². The zero-order chi connectivity index (χ0) is 11.0. The zero-order valence-corrected chi connectivity index (χ0v) is 9.83. The van der Waals surface area contributed by atoms with Gasteiger partial charge < -0.3 is 5.11 Å². The Morgan fingerprint density at radius 3 is 2.94 bits per heavy atom. The lowest BCUT2D eigenvalue weighted by molar-refractivity contribution is 0.214. The summed E-state index contributed by atoms with van der Waals surface area (Å²) in [6.07, 6.45) is 5.16.